The van der Waals surface area contributed by atoms with Crippen LogP contribution in [0.1, 0.15) is 11.3 Å². The van der Waals surface area contributed by atoms with Gasteiger partial charge in [0.25, 0.3) is 0 Å². The first-order valence-corrected chi connectivity index (χ1v) is 6.42. The quantitative estimate of drug-likeness (QED) is 0.737. The van der Waals surface area contributed by atoms with Crippen molar-refractivity contribution in [2.45, 2.75) is 6.42 Å². The number of hydrogen-bond donors (Lipinski definition) is 1. The fraction of sp³-hybridized carbons (Fsp3) is 0.0714. The standard InChI is InChI=1S/C14H11BrN2O/c15-13-2-1-3-14-16-11(9-17(13)14)8-10-4-6-12(18)7-5-10/h1-7,9,18H,8H2. The van der Waals surface area contributed by atoms with E-state index in [1.54, 1.807) is 12.1 Å². The zero-order valence-corrected chi connectivity index (χ0v) is 11.1. The highest BCUT2D eigenvalue weighted by atomic mass is 79.9. The summed E-state index contributed by atoms with van der Waals surface area (Å²) in [5.41, 5.74) is 3.07. The normalized spacial score (nSPS) is 10.9. The Morgan fingerprint density at radius 2 is 1.89 bits per heavy atom. The SMILES string of the molecule is Oc1ccc(Cc2cn3c(Br)cccc3n2)cc1. The summed E-state index contributed by atoms with van der Waals surface area (Å²) >= 11 is 3.50. The van der Waals surface area contributed by atoms with Gasteiger partial charge in [-0.3, -0.25) is 4.40 Å². The monoisotopic (exact) mass is 302 g/mol. The lowest BCUT2D eigenvalue weighted by Gasteiger charge is -1.97. The Bertz CT molecular complexity index is 689. The molecule has 0 bridgehead atoms. The van der Waals surface area contributed by atoms with E-state index in [4.69, 9.17) is 0 Å². The Labute approximate surface area is 113 Å². The highest BCUT2D eigenvalue weighted by molar-refractivity contribution is 9.10. The Morgan fingerprint density at radius 3 is 2.61 bits per heavy atom. The maximum absolute atomic E-state index is 9.25. The van der Waals surface area contributed by atoms with E-state index < -0.39 is 0 Å². The van der Waals surface area contributed by atoms with E-state index >= 15 is 0 Å². The Balaban J connectivity index is 1.95. The van der Waals surface area contributed by atoms with Gasteiger partial charge >= 0.3 is 0 Å². The molecule has 90 valence electrons. The second-order valence-electron chi connectivity index (χ2n) is 4.15. The predicted molar refractivity (Wildman–Crippen MR) is 73.8 cm³/mol. The fourth-order valence-electron chi connectivity index (χ4n) is 1.94. The van der Waals surface area contributed by atoms with Gasteiger partial charge < -0.3 is 5.11 Å². The first kappa shape index (κ1) is 11.3. The van der Waals surface area contributed by atoms with Crippen LogP contribution in [0.3, 0.4) is 0 Å². The highest BCUT2D eigenvalue weighted by Gasteiger charge is 2.04. The van der Waals surface area contributed by atoms with Crippen LogP contribution in [0, 0.1) is 0 Å². The zero-order chi connectivity index (χ0) is 12.5. The van der Waals surface area contributed by atoms with E-state index in [0.717, 1.165) is 27.9 Å². The lowest BCUT2D eigenvalue weighted by atomic mass is 10.1. The van der Waals surface area contributed by atoms with Crippen LogP contribution in [0.25, 0.3) is 5.65 Å². The molecular weight excluding hydrogens is 292 g/mol. The molecule has 2 aromatic heterocycles. The van der Waals surface area contributed by atoms with Gasteiger partial charge in [0.1, 0.15) is 11.4 Å². The summed E-state index contributed by atoms with van der Waals surface area (Å²) in [6.45, 7) is 0. The van der Waals surface area contributed by atoms with Gasteiger partial charge in [0.2, 0.25) is 0 Å². The molecule has 0 saturated heterocycles. The van der Waals surface area contributed by atoms with Gasteiger partial charge in [-0.15, -0.1) is 0 Å². The van der Waals surface area contributed by atoms with Gasteiger partial charge in [-0.05, 0) is 45.8 Å². The van der Waals surface area contributed by atoms with E-state index in [2.05, 4.69) is 20.9 Å². The van der Waals surface area contributed by atoms with E-state index in [9.17, 15) is 5.11 Å². The van der Waals surface area contributed by atoms with Crippen molar-refractivity contribution in [3.05, 3.63) is 64.5 Å². The molecule has 0 amide bonds. The van der Waals surface area contributed by atoms with Crippen molar-refractivity contribution in [1.82, 2.24) is 9.38 Å². The average Bonchev–Trinajstić information content (AvgIpc) is 2.76. The minimum Gasteiger partial charge on any atom is -0.508 e. The number of hydrogen-bond acceptors (Lipinski definition) is 2. The summed E-state index contributed by atoms with van der Waals surface area (Å²) < 4.78 is 3.00. The third kappa shape index (κ3) is 2.11. The molecule has 0 spiro atoms. The smallest absolute Gasteiger partial charge is 0.137 e. The summed E-state index contributed by atoms with van der Waals surface area (Å²) in [4.78, 5) is 4.56. The van der Waals surface area contributed by atoms with Crippen LogP contribution in [0.15, 0.2) is 53.3 Å². The first-order valence-electron chi connectivity index (χ1n) is 5.63. The van der Waals surface area contributed by atoms with Gasteiger partial charge in [0.05, 0.1) is 10.3 Å². The Morgan fingerprint density at radius 1 is 1.11 bits per heavy atom. The first-order chi connectivity index (χ1) is 8.72. The van der Waals surface area contributed by atoms with E-state index in [1.807, 2.05) is 40.9 Å². The number of phenolic OH excluding ortho intramolecular Hbond substituents is 1. The van der Waals surface area contributed by atoms with E-state index in [0.29, 0.717) is 0 Å². The van der Waals surface area contributed by atoms with E-state index in [1.165, 1.54) is 0 Å². The largest absolute Gasteiger partial charge is 0.508 e. The number of pyridine rings is 1. The van der Waals surface area contributed by atoms with Gasteiger partial charge in [-0.1, -0.05) is 18.2 Å². The summed E-state index contributed by atoms with van der Waals surface area (Å²) in [5, 5.41) is 9.25. The van der Waals surface area contributed by atoms with Crippen molar-refractivity contribution in [2.24, 2.45) is 0 Å². The van der Waals surface area contributed by atoms with Crippen molar-refractivity contribution < 1.29 is 5.11 Å². The van der Waals surface area contributed by atoms with Gasteiger partial charge in [0, 0.05) is 12.6 Å². The van der Waals surface area contributed by atoms with Crippen LogP contribution >= 0.6 is 15.9 Å². The molecule has 0 atom stereocenters. The Kier molecular flexibility index (Phi) is 2.80. The van der Waals surface area contributed by atoms with Crippen molar-refractivity contribution in [3.8, 4) is 5.75 Å². The molecule has 0 saturated carbocycles. The third-order valence-electron chi connectivity index (χ3n) is 2.81. The number of fused-ring (bicyclic) bond motifs is 1. The number of imidazole rings is 1. The van der Waals surface area contributed by atoms with Gasteiger partial charge in [0.15, 0.2) is 0 Å². The molecule has 1 aromatic carbocycles. The van der Waals surface area contributed by atoms with Gasteiger partial charge in [-0.25, -0.2) is 4.98 Å². The molecule has 3 nitrogen and oxygen atoms in total. The third-order valence-corrected chi connectivity index (χ3v) is 3.46. The molecule has 0 unspecified atom stereocenters. The molecule has 0 aliphatic carbocycles. The predicted octanol–water partition coefficient (Wildman–Crippen LogP) is 3.39. The van der Waals surface area contributed by atoms with Crippen LogP contribution < -0.4 is 0 Å². The van der Waals surface area contributed by atoms with Crippen LogP contribution in [0.2, 0.25) is 0 Å². The molecule has 3 rings (SSSR count). The second-order valence-corrected chi connectivity index (χ2v) is 4.96. The average molecular weight is 303 g/mol. The van der Waals surface area contributed by atoms with Crippen LogP contribution in [-0.4, -0.2) is 14.5 Å². The lowest BCUT2D eigenvalue weighted by molar-refractivity contribution is 0.475. The maximum atomic E-state index is 9.25. The molecular formula is C14H11BrN2O. The zero-order valence-electron chi connectivity index (χ0n) is 9.55. The summed E-state index contributed by atoms with van der Waals surface area (Å²) in [7, 11) is 0. The lowest BCUT2D eigenvalue weighted by Crippen LogP contribution is -1.87. The van der Waals surface area contributed by atoms with Gasteiger partial charge in [-0.2, -0.15) is 0 Å². The Hall–Kier alpha value is -1.81. The van der Waals surface area contributed by atoms with Crippen molar-refractivity contribution in [2.75, 3.05) is 0 Å². The fourth-order valence-corrected chi connectivity index (χ4v) is 2.37. The molecule has 0 aliphatic heterocycles. The molecule has 0 radical (unpaired) electrons. The molecule has 2 heterocycles. The topological polar surface area (TPSA) is 37.5 Å². The number of phenols is 1. The summed E-state index contributed by atoms with van der Waals surface area (Å²) in [6.07, 6.45) is 2.78. The summed E-state index contributed by atoms with van der Waals surface area (Å²) in [6, 6.07) is 13.1. The second kappa shape index (κ2) is 4.46. The number of rotatable bonds is 2. The molecule has 18 heavy (non-hydrogen) atoms. The number of halogens is 1. The van der Waals surface area contributed by atoms with Crippen molar-refractivity contribution in [1.29, 1.82) is 0 Å². The van der Waals surface area contributed by atoms with Crippen molar-refractivity contribution in [3.63, 3.8) is 0 Å². The molecule has 3 aromatic rings. The highest BCUT2D eigenvalue weighted by Crippen LogP contribution is 2.17. The van der Waals surface area contributed by atoms with Crippen molar-refractivity contribution >= 4 is 21.6 Å². The molecule has 1 N–H and O–H groups in total. The van der Waals surface area contributed by atoms with E-state index in [-0.39, 0.29) is 5.75 Å². The number of aromatic hydroxyl groups is 1. The number of nitrogens with zero attached hydrogens (tertiary/aromatic N) is 2. The number of benzene rings is 1. The maximum Gasteiger partial charge on any atom is 0.137 e. The minimum atomic E-state index is 0.288. The number of aromatic nitrogens is 2. The minimum absolute atomic E-state index is 0.288. The van der Waals surface area contributed by atoms with Crippen LogP contribution in [0.5, 0.6) is 5.75 Å². The summed E-state index contributed by atoms with van der Waals surface area (Å²) in [5.74, 6) is 0.288. The molecule has 0 aliphatic rings. The molecule has 0 fully saturated rings. The van der Waals surface area contributed by atoms with Crippen LogP contribution in [0.4, 0.5) is 0 Å². The molecule has 4 heteroatoms. The van der Waals surface area contributed by atoms with Crippen LogP contribution in [-0.2, 0) is 6.42 Å².